The summed E-state index contributed by atoms with van der Waals surface area (Å²) in [5.74, 6) is -0.945. The van der Waals surface area contributed by atoms with Gasteiger partial charge in [0.05, 0.1) is 17.3 Å². The fraction of sp³-hybridized carbons (Fsp3) is 0.333. The number of aromatic nitrogens is 1. The maximum atomic E-state index is 11.5. The maximum absolute atomic E-state index is 11.5. The smallest absolute Gasteiger partial charge is 0.339 e. The summed E-state index contributed by atoms with van der Waals surface area (Å²) in [4.78, 5) is 17.8. The summed E-state index contributed by atoms with van der Waals surface area (Å²) in [6.45, 7) is 1.51. The van der Waals surface area contributed by atoms with Crippen molar-refractivity contribution in [3.8, 4) is 0 Å². The molecule has 1 aromatic heterocycles. The average molecular weight is 272 g/mol. The molecule has 20 heavy (non-hydrogen) atoms. The van der Waals surface area contributed by atoms with E-state index in [2.05, 4.69) is 9.88 Å². The number of carboxylic acid groups (broad SMARTS) is 1. The molecule has 0 amide bonds. The van der Waals surface area contributed by atoms with Crippen LogP contribution in [-0.2, 0) is 4.74 Å². The summed E-state index contributed by atoms with van der Waals surface area (Å²) in [5, 5.41) is 10.3. The summed E-state index contributed by atoms with van der Waals surface area (Å²) in [6, 6.07) is 7.63. The van der Waals surface area contributed by atoms with Crippen molar-refractivity contribution < 1.29 is 14.6 Å². The maximum Gasteiger partial charge on any atom is 0.339 e. The minimum atomic E-state index is -0.945. The first-order valence-electron chi connectivity index (χ1n) is 6.59. The second kappa shape index (κ2) is 5.09. The highest BCUT2D eigenvalue weighted by Crippen LogP contribution is 2.32. The number of ether oxygens (including phenoxy) is 1. The number of benzene rings is 1. The van der Waals surface area contributed by atoms with E-state index in [1.807, 2.05) is 24.3 Å². The zero-order valence-electron chi connectivity index (χ0n) is 11.2. The number of hydrogen-bond acceptors (Lipinski definition) is 4. The van der Waals surface area contributed by atoms with Gasteiger partial charge in [-0.2, -0.15) is 0 Å². The molecule has 1 aliphatic rings. The zero-order valence-corrected chi connectivity index (χ0v) is 11.2. The third-order valence-electron chi connectivity index (χ3n) is 3.77. The summed E-state index contributed by atoms with van der Waals surface area (Å²) < 4.78 is 5.37. The van der Waals surface area contributed by atoms with Gasteiger partial charge in [0.25, 0.3) is 0 Å². The van der Waals surface area contributed by atoms with Crippen molar-refractivity contribution >= 4 is 22.6 Å². The van der Waals surface area contributed by atoms with E-state index in [1.165, 1.54) is 6.20 Å². The van der Waals surface area contributed by atoms with Gasteiger partial charge in [0, 0.05) is 31.8 Å². The van der Waals surface area contributed by atoms with E-state index < -0.39 is 5.97 Å². The van der Waals surface area contributed by atoms with E-state index in [4.69, 9.17) is 4.74 Å². The van der Waals surface area contributed by atoms with Gasteiger partial charge >= 0.3 is 5.97 Å². The third-order valence-corrected chi connectivity index (χ3v) is 3.77. The van der Waals surface area contributed by atoms with Gasteiger partial charge in [-0.25, -0.2) is 4.79 Å². The number of methoxy groups -OCH3 is 1. The molecule has 1 aromatic carbocycles. The first-order chi connectivity index (χ1) is 9.70. The van der Waals surface area contributed by atoms with Crippen LogP contribution in [-0.4, -0.2) is 42.4 Å². The molecule has 1 N–H and O–H groups in total. The Labute approximate surface area is 116 Å². The second-order valence-electron chi connectivity index (χ2n) is 4.94. The lowest BCUT2D eigenvalue weighted by Gasteiger charge is -2.22. The minimum Gasteiger partial charge on any atom is -0.478 e. The molecule has 1 saturated heterocycles. The van der Waals surface area contributed by atoms with E-state index in [0.29, 0.717) is 6.54 Å². The van der Waals surface area contributed by atoms with Gasteiger partial charge in [-0.05, 0) is 12.5 Å². The Bertz CT molecular complexity index is 657. The van der Waals surface area contributed by atoms with E-state index >= 15 is 0 Å². The third kappa shape index (κ3) is 2.10. The molecule has 0 bridgehead atoms. The number of fused-ring (bicyclic) bond motifs is 1. The summed E-state index contributed by atoms with van der Waals surface area (Å²) in [5.41, 5.74) is 1.82. The molecular formula is C15H16N2O3. The number of rotatable bonds is 3. The van der Waals surface area contributed by atoms with Gasteiger partial charge in [-0.15, -0.1) is 0 Å². The fourth-order valence-electron chi connectivity index (χ4n) is 2.75. The molecule has 104 valence electrons. The summed E-state index contributed by atoms with van der Waals surface area (Å²) in [6.07, 6.45) is 2.51. The molecule has 5 heteroatoms. The number of nitrogens with zero attached hydrogens (tertiary/aromatic N) is 2. The predicted octanol–water partition coefficient (Wildman–Crippen LogP) is 2.16. The lowest BCUT2D eigenvalue weighted by molar-refractivity contribution is 0.0697. The topological polar surface area (TPSA) is 62.7 Å². The van der Waals surface area contributed by atoms with Crippen LogP contribution in [0, 0.1) is 0 Å². The Morgan fingerprint density at radius 1 is 1.45 bits per heavy atom. The van der Waals surface area contributed by atoms with Gasteiger partial charge < -0.3 is 14.7 Å². The average Bonchev–Trinajstić information content (AvgIpc) is 2.94. The van der Waals surface area contributed by atoms with Gasteiger partial charge in [0.1, 0.15) is 5.56 Å². The van der Waals surface area contributed by atoms with E-state index in [9.17, 15) is 9.90 Å². The highest BCUT2D eigenvalue weighted by Gasteiger charge is 2.27. The molecule has 3 rings (SSSR count). The summed E-state index contributed by atoms with van der Waals surface area (Å²) >= 11 is 0. The predicted molar refractivity (Wildman–Crippen MR) is 76.3 cm³/mol. The highest BCUT2D eigenvalue weighted by molar-refractivity contribution is 6.04. The molecule has 1 unspecified atom stereocenters. The molecule has 1 atom stereocenters. The number of aromatic carboxylic acids is 1. The molecule has 0 spiro atoms. The normalized spacial score (nSPS) is 18.6. The van der Waals surface area contributed by atoms with Gasteiger partial charge in [-0.1, -0.05) is 18.2 Å². The molecular weight excluding hydrogens is 256 g/mol. The largest absolute Gasteiger partial charge is 0.478 e. The van der Waals surface area contributed by atoms with Crippen LogP contribution in [0.2, 0.25) is 0 Å². The minimum absolute atomic E-state index is 0.156. The number of carboxylic acids is 1. The van der Waals surface area contributed by atoms with Crippen LogP contribution in [0.25, 0.3) is 10.9 Å². The van der Waals surface area contributed by atoms with Gasteiger partial charge in [0.2, 0.25) is 0 Å². The Hall–Kier alpha value is -2.14. The molecule has 0 radical (unpaired) electrons. The second-order valence-corrected chi connectivity index (χ2v) is 4.94. The number of carbonyl (C=O) groups is 1. The van der Waals surface area contributed by atoms with Crippen molar-refractivity contribution in [1.82, 2.24) is 4.98 Å². The van der Waals surface area contributed by atoms with Crippen molar-refractivity contribution in [3.05, 3.63) is 36.0 Å². The van der Waals surface area contributed by atoms with Crippen molar-refractivity contribution in [2.45, 2.75) is 12.5 Å². The molecule has 5 nitrogen and oxygen atoms in total. The van der Waals surface area contributed by atoms with Crippen molar-refractivity contribution in [2.24, 2.45) is 0 Å². The van der Waals surface area contributed by atoms with Crippen molar-refractivity contribution in [3.63, 3.8) is 0 Å². The summed E-state index contributed by atoms with van der Waals surface area (Å²) in [7, 11) is 1.69. The lowest BCUT2D eigenvalue weighted by atomic mass is 10.1. The Morgan fingerprint density at radius 3 is 2.95 bits per heavy atom. The quantitative estimate of drug-likeness (QED) is 0.927. The molecule has 1 aliphatic heterocycles. The van der Waals surface area contributed by atoms with Crippen LogP contribution in [0.1, 0.15) is 16.8 Å². The van der Waals surface area contributed by atoms with E-state index in [-0.39, 0.29) is 11.7 Å². The fourth-order valence-corrected chi connectivity index (χ4v) is 2.75. The monoisotopic (exact) mass is 272 g/mol. The van der Waals surface area contributed by atoms with Gasteiger partial charge in [0.15, 0.2) is 0 Å². The lowest BCUT2D eigenvalue weighted by Crippen LogP contribution is -2.24. The van der Waals surface area contributed by atoms with E-state index in [0.717, 1.165) is 29.6 Å². The molecule has 2 heterocycles. The van der Waals surface area contributed by atoms with Crippen molar-refractivity contribution in [2.75, 3.05) is 25.1 Å². The molecule has 0 aliphatic carbocycles. The SMILES string of the molecule is COC1CCN(c2c(C(=O)O)cnc3ccccc23)C1. The number of hydrogen-bond donors (Lipinski definition) is 1. The highest BCUT2D eigenvalue weighted by atomic mass is 16.5. The Morgan fingerprint density at radius 2 is 2.25 bits per heavy atom. The number of pyridine rings is 1. The van der Waals surface area contributed by atoms with Crippen LogP contribution < -0.4 is 4.90 Å². The molecule has 1 fully saturated rings. The first-order valence-corrected chi connectivity index (χ1v) is 6.59. The number of para-hydroxylation sites is 1. The first kappa shape index (κ1) is 12.9. The Kier molecular flexibility index (Phi) is 3.28. The van der Waals surface area contributed by atoms with Crippen molar-refractivity contribution in [1.29, 1.82) is 0 Å². The van der Waals surface area contributed by atoms with Crippen LogP contribution in [0.3, 0.4) is 0 Å². The van der Waals surface area contributed by atoms with Crippen LogP contribution in [0.5, 0.6) is 0 Å². The van der Waals surface area contributed by atoms with Crippen LogP contribution in [0.15, 0.2) is 30.5 Å². The van der Waals surface area contributed by atoms with Crippen LogP contribution in [0.4, 0.5) is 5.69 Å². The van der Waals surface area contributed by atoms with E-state index in [1.54, 1.807) is 7.11 Å². The number of anilines is 1. The molecule has 0 saturated carbocycles. The van der Waals surface area contributed by atoms with Crippen LogP contribution >= 0.6 is 0 Å². The Balaban J connectivity index is 2.15. The zero-order chi connectivity index (χ0) is 14.1. The molecule has 2 aromatic rings. The standard InChI is InChI=1S/C15H16N2O3/c1-20-10-6-7-17(9-10)14-11-4-2-3-5-13(11)16-8-12(14)15(18)19/h2-5,8,10H,6-7,9H2,1H3,(H,18,19). The van der Waals surface area contributed by atoms with Gasteiger partial charge in [-0.3, -0.25) is 4.98 Å².